The van der Waals surface area contributed by atoms with E-state index in [1.165, 1.54) is 49.2 Å². The van der Waals surface area contributed by atoms with Crippen molar-refractivity contribution in [3.05, 3.63) is 35.7 Å². The van der Waals surface area contributed by atoms with Crippen molar-refractivity contribution in [3.63, 3.8) is 0 Å². The summed E-state index contributed by atoms with van der Waals surface area (Å²) in [4.78, 5) is 5.96. The van der Waals surface area contributed by atoms with Crippen LogP contribution in [0.5, 0.6) is 0 Å². The molecule has 2 fully saturated rings. The fourth-order valence-corrected chi connectivity index (χ4v) is 3.36. The van der Waals surface area contributed by atoms with Gasteiger partial charge in [0, 0.05) is 18.5 Å². The topological polar surface area (TPSA) is 7.60 Å². The third kappa shape index (κ3) is 2.93. The number of benzene rings is 1. The van der Waals surface area contributed by atoms with E-state index in [9.17, 15) is 0 Å². The minimum Gasteiger partial charge on any atom is -1.00 e. The van der Waals surface area contributed by atoms with Crippen LogP contribution < -0.4 is 21.9 Å². The van der Waals surface area contributed by atoms with Gasteiger partial charge in [-0.05, 0) is 12.1 Å². The van der Waals surface area contributed by atoms with Crippen molar-refractivity contribution in [2.45, 2.75) is 12.8 Å². The normalized spacial score (nSPS) is 20.9. The van der Waals surface area contributed by atoms with E-state index in [1.54, 1.807) is 0 Å². The van der Waals surface area contributed by atoms with Gasteiger partial charge in [0.1, 0.15) is 0 Å². The van der Waals surface area contributed by atoms with Gasteiger partial charge in [0.15, 0.2) is 5.69 Å². The Kier molecular flexibility index (Phi) is 4.49. The lowest BCUT2D eigenvalue weighted by Gasteiger charge is -2.42. The fourth-order valence-electron chi connectivity index (χ4n) is 3.36. The average molecular weight is 322 g/mol. The SMILES string of the molecule is [Br-].[C-]#[N+]c1cccc(N2CC[N+]3(CCCC3)CC2)c1. The van der Waals surface area contributed by atoms with E-state index in [0.717, 1.165) is 18.8 Å². The molecule has 0 bridgehead atoms. The van der Waals surface area contributed by atoms with Crippen LogP contribution in [-0.4, -0.2) is 43.8 Å². The van der Waals surface area contributed by atoms with Crippen LogP contribution in [0.15, 0.2) is 24.3 Å². The van der Waals surface area contributed by atoms with Crippen molar-refractivity contribution < 1.29 is 21.5 Å². The lowest BCUT2D eigenvalue weighted by Crippen LogP contribution is -3.00. The second kappa shape index (κ2) is 5.94. The van der Waals surface area contributed by atoms with E-state index in [-0.39, 0.29) is 17.0 Å². The largest absolute Gasteiger partial charge is 1.00 e. The molecule has 3 rings (SSSR count). The van der Waals surface area contributed by atoms with Crippen LogP contribution in [0.2, 0.25) is 0 Å². The highest BCUT2D eigenvalue weighted by Crippen LogP contribution is 2.27. The maximum Gasteiger partial charge on any atom is 0.189 e. The first kappa shape index (κ1) is 14.4. The minimum absolute atomic E-state index is 0. The molecule has 19 heavy (non-hydrogen) atoms. The van der Waals surface area contributed by atoms with E-state index in [2.05, 4.69) is 15.8 Å². The highest BCUT2D eigenvalue weighted by Gasteiger charge is 2.35. The molecule has 0 N–H and O–H groups in total. The Hall–Kier alpha value is -1.05. The smallest absolute Gasteiger partial charge is 0.189 e. The van der Waals surface area contributed by atoms with Crippen LogP contribution in [0, 0.1) is 6.57 Å². The highest BCUT2D eigenvalue weighted by atomic mass is 79.9. The highest BCUT2D eigenvalue weighted by molar-refractivity contribution is 5.58. The number of nitrogens with zero attached hydrogens (tertiary/aromatic N) is 3. The molecule has 2 aliphatic rings. The molecule has 0 unspecified atom stereocenters. The summed E-state index contributed by atoms with van der Waals surface area (Å²) in [6.07, 6.45) is 2.82. The lowest BCUT2D eigenvalue weighted by molar-refractivity contribution is -0.917. The number of hydrogen-bond acceptors (Lipinski definition) is 1. The zero-order chi connectivity index (χ0) is 12.4. The molecule has 0 saturated carbocycles. The molecular formula is C15H20BrN3. The summed E-state index contributed by atoms with van der Waals surface area (Å²) >= 11 is 0. The van der Waals surface area contributed by atoms with Gasteiger partial charge in [-0.2, -0.15) is 0 Å². The van der Waals surface area contributed by atoms with Gasteiger partial charge in [-0.15, -0.1) is 0 Å². The summed E-state index contributed by atoms with van der Waals surface area (Å²) in [6, 6.07) is 8.04. The van der Waals surface area contributed by atoms with Crippen LogP contribution in [-0.2, 0) is 0 Å². The Balaban J connectivity index is 0.00000133. The summed E-state index contributed by atoms with van der Waals surface area (Å²) in [5.74, 6) is 0. The molecule has 1 aromatic carbocycles. The molecule has 4 heteroatoms. The third-order valence-electron chi connectivity index (χ3n) is 4.53. The van der Waals surface area contributed by atoms with Crippen molar-refractivity contribution in [2.24, 2.45) is 0 Å². The van der Waals surface area contributed by atoms with E-state index < -0.39 is 0 Å². The van der Waals surface area contributed by atoms with Crippen LogP contribution >= 0.6 is 0 Å². The van der Waals surface area contributed by atoms with E-state index in [0.29, 0.717) is 0 Å². The maximum absolute atomic E-state index is 7.09. The second-order valence-electron chi connectivity index (χ2n) is 5.56. The van der Waals surface area contributed by atoms with Gasteiger partial charge in [0.05, 0.1) is 45.8 Å². The van der Waals surface area contributed by atoms with Gasteiger partial charge in [-0.3, -0.25) is 0 Å². The predicted octanol–water partition coefficient (Wildman–Crippen LogP) is -0.328. The van der Waals surface area contributed by atoms with Crippen LogP contribution in [0.1, 0.15) is 12.8 Å². The van der Waals surface area contributed by atoms with Gasteiger partial charge >= 0.3 is 0 Å². The van der Waals surface area contributed by atoms with Gasteiger partial charge in [-0.1, -0.05) is 12.1 Å². The molecule has 0 aromatic heterocycles. The van der Waals surface area contributed by atoms with Crippen LogP contribution in [0.4, 0.5) is 11.4 Å². The van der Waals surface area contributed by atoms with Gasteiger partial charge < -0.3 is 26.4 Å². The number of anilines is 1. The summed E-state index contributed by atoms with van der Waals surface area (Å²) in [5, 5.41) is 0. The standard InChI is InChI=1S/C15H20N3.BrH/c1-16-14-5-4-6-15(13-14)17-7-11-18(12-8-17)9-2-3-10-18;/h4-6,13H,2-3,7-12H2;1H/q+1;/p-1. The third-order valence-corrected chi connectivity index (χ3v) is 4.53. The quantitative estimate of drug-likeness (QED) is 0.508. The number of rotatable bonds is 1. The Labute approximate surface area is 126 Å². The minimum atomic E-state index is 0. The number of piperazine rings is 1. The van der Waals surface area contributed by atoms with Gasteiger partial charge in [-0.25, -0.2) is 4.85 Å². The average Bonchev–Trinajstić information content (AvgIpc) is 2.88. The van der Waals surface area contributed by atoms with Crippen LogP contribution in [0.25, 0.3) is 4.85 Å². The second-order valence-corrected chi connectivity index (χ2v) is 5.56. The molecule has 0 radical (unpaired) electrons. The molecule has 2 heterocycles. The van der Waals surface area contributed by atoms with E-state index >= 15 is 0 Å². The molecule has 0 atom stereocenters. The number of hydrogen-bond donors (Lipinski definition) is 0. The van der Waals surface area contributed by atoms with E-state index in [4.69, 9.17) is 6.57 Å². The predicted molar refractivity (Wildman–Crippen MR) is 73.9 cm³/mol. The zero-order valence-electron chi connectivity index (χ0n) is 11.2. The Morgan fingerprint density at radius 1 is 1.05 bits per heavy atom. The summed E-state index contributed by atoms with van der Waals surface area (Å²) in [6.45, 7) is 14.7. The Morgan fingerprint density at radius 2 is 1.74 bits per heavy atom. The monoisotopic (exact) mass is 321 g/mol. The van der Waals surface area contributed by atoms with Crippen LogP contribution in [0.3, 0.4) is 0 Å². The number of quaternary nitrogens is 1. The van der Waals surface area contributed by atoms with Crippen molar-refractivity contribution in [3.8, 4) is 0 Å². The Bertz CT molecular complexity index is 465. The summed E-state index contributed by atoms with van der Waals surface area (Å²) < 4.78 is 1.35. The first-order valence-corrected chi connectivity index (χ1v) is 6.89. The summed E-state index contributed by atoms with van der Waals surface area (Å²) in [7, 11) is 0. The molecule has 0 aliphatic carbocycles. The molecule has 2 saturated heterocycles. The molecular weight excluding hydrogens is 302 g/mol. The molecule has 2 aliphatic heterocycles. The Morgan fingerprint density at radius 3 is 2.37 bits per heavy atom. The molecule has 1 spiro atoms. The molecule has 1 aromatic rings. The van der Waals surface area contributed by atoms with Crippen molar-refractivity contribution in [1.29, 1.82) is 0 Å². The van der Waals surface area contributed by atoms with Crippen molar-refractivity contribution in [1.82, 2.24) is 0 Å². The lowest BCUT2D eigenvalue weighted by atomic mass is 10.2. The maximum atomic E-state index is 7.09. The van der Waals surface area contributed by atoms with Crippen molar-refractivity contribution >= 4 is 11.4 Å². The zero-order valence-corrected chi connectivity index (χ0v) is 12.8. The van der Waals surface area contributed by atoms with Crippen molar-refractivity contribution in [2.75, 3.05) is 44.2 Å². The molecule has 102 valence electrons. The van der Waals surface area contributed by atoms with Gasteiger partial charge in [0.25, 0.3) is 0 Å². The van der Waals surface area contributed by atoms with E-state index in [1.807, 2.05) is 18.2 Å². The van der Waals surface area contributed by atoms with Gasteiger partial charge in [0.2, 0.25) is 0 Å². The number of halogens is 1. The first-order chi connectivity index (χ1) is 8.81. The molecule has 0 amide bonds. The fraction of sp³-hybridized carbons (Fsp3) is 0.533. The first-order valence-electron chi connectivity index (χ1n) is 6.89. The summed E-state index contributed by atoms with van der Waals surface area (Å²) in [5.41, 5.74) is 1.98. The molecule has 3 nitrogen and oxygen atoms in total.